The quantitative estimate of drug-likeness (QED) is 0.801. The van der Waals surface area contributed by atoms with E-state index in [0.717, 1.165) is 30.3 Å². The van der Waals surface area contributed by atoms with Crippen molar-refractivity contribution >= 4 is 23.0 Å². The van der Waals surface area contributed by atoms with Crippen molar-refractivity contribution in [2.24, 2.45) is 0 Å². The van der Waals surface area contributed by atoms with Gasteiger partial charge in [-0.3, -0.25) is 0 Å². The molecule has 2 atom stereocenters. The molecule has 0 spiro atoms. The van der Waals surface area contributed by atoms with E-state index in [0.29, 0.717) is 5.11 Å². The summed E-state index contributed by atoms with van der Waals surface area (Å²) in [6.45, 7) is 6.01. The molecule has 0 aromatic heterocycles. The summed E-state index contributed by atoms with van der Waals surface area (Å²) in [6.07, 6.45) is 0.380. The van der Waals surface area contributed by atoms with Gasteiger partial charge in [-0.25, -0.2) is 0 Å². The molecule has 1 saturated heterocycles. The van der Waals surface area contributed by atoms with E-state index in [9.17, 15) is 0 Å². The van der Waals surface area contributed by atoms with Crippen LogP contribution in [-0.2, 0) is 4.74 Å². The van der Waals surface area contributed by atoms with Crippen LogP contribution in [0.2, 0.25) is 0 Å². The molecule has 0 unspecified atom stereocenters. The number of benzene rings is 1. The molecule has 1 aromatic carbocycles. The lowest BCUT2D eigenvalue weighted by atomic mass is 10.2. The second-order valence-electron chi connectivity index (χ2n) is 5.16. The zero-order valence-electron chi connectivity index (χ0n) is 11.6. The Hall–Kier alpha value is -1.53. The van der Waals surface area contributed by atoms with Crippen LogP contribution < -0.4 is 14.8 Å². The Balaban J connectivity index is 1.66. The highest BCUT2D eigenvalue weighted by atomic mass is 32.1. The maximum absolute atomic E-state index is 5.71. The molecule has 1 aromatic rings. The fourth-order valence-corrected chi connectivity index (χ4v) is 2.79. The van der Waals surface area contributed by atoms with Gasteiger partial charge in [0.15, 0.2) is 16.6 Å². The molecule has 2 aliphatic heterocycles. The number of rotatable bonds is 1. The molecule has 1 fully saturated rings. The average Bonchev–Trinajstić information content (AvgIpc) is 2.85. The minimum atomic E-state index is 0.190. The van der Waals surface area contributed by atoms with Crippen LogP contribution in [0.3, 0.4) is 0 Å². The van der Waals surface area contributed by atoms with Crippen molar-refractivity contribution in [3.05, 3.63) is 18.2 Å². The van der Waals surface area contributed by atoms with E-state index in [4.69, 9.17) is 26.4 Å². The van der Waals surface area contributed by atoms with Gasteiger partial charge in [0.25, 0.3) is 0 Å². The van der Waals surface area contributed by atoms with E-state index in [1.165, 1.54) is 0 Å². The van der Waals surface area contributed by atoms with Crippen molar-refractivity contribution in [1.82, 2.24) is 4.90 Å². The molecule has 0 amide bonds. The van der Waals surface area contributed by atoms with E-state index in [-0.39, 0.29) is 19.0 Å². The van der Waals surface area contributed by atoms with E-state index < -0.39 is 0 Å². The summed E-state index contributed by atoms with van der Waals surface area (Å²) >= 11 is 5.48. The Bertz CT molecular complexity index is 513. The molecule has 0 bridgehead atoms. The number of hydrogen-bond donors (Lipinski definition) is 1. The van der Waals surface area contributed by atoms with Crippen molar-refractivity contribution in [3.63, 3.8) is 0 Å². The monoisotopic (exact) mass is 294 g/mol. The highest BCUT2D eigenvalue weighted by molar-refractivity contribution is 7.80. The van der Waals surface area contributed by atoms with Crippen LogP contribution in [0, 0.1) is 0 Å². The summed E-state index contributed by atoms with van der Waals surface area (Å²) in [6, 6.07) is 5.73. The van der Waals surface area contributed by atoms with Crippen LogP contribution in [0.5, 0.6) is 11.5 Å². The van der Waals surface area contributed by atoms with Gasteiger partial charge in [-0.15, -0.1) is 0 Å². The number of fused-ring (bicyclic) bond motifs is 1. The Morgan fingerprint density at radius 2 is 1.90 bits per heavy atom. The molecule has 20 heavy (non-hydrogen) atoms. The first kappa shape index (κ1) is 13.5. The van der Waals surface area contributed by atoms with Crippen LogP contribution in [0.1, 0.15) is 13.8 Å². The Morgan fingerprint density at radius 1 is 1.20 bits per heavy atom. The third-order valence-electron chi connectivity index (χ3n) is 3.33. The van der Waals surface area contributed by atoms with E-state index in [1.54, 1.807) is 0 Å². The third kappa shape index (κ3) is 2.81. The van der Waals surface area contributed by atoms with Crippen LogP contribution >= 0.6 is 12.2 Å². The van der Waals surface area contributed by atoms with Gasteiger partial charge in [-0.05, 0) is 38.2 Å². The van der Waals surface area contributed by atoms with Crippen LogP contribution in [-0.4, -0.2) is 42.1 Å². The Morgan fingerprint density at radius 3 is 2.65 bits per heavy atom. The van der Waals surface area contributed by atoms with Crippen LogP contribution in [0.25, 0.3) is 0 Å². The topological polar surface area (TPSA) is 43.0 Å². The summed E-state index contributed by atoms with van der Waals surface area (Å²) in [5, 5.41) is 3.96. The maximum atomic E-state index is 5.71. The molecule has 5 nitrogen and oxygen atoms in total. The zero-order chi connectivity index (χ0) is 14.1. The first-order valence-electron chi connectivity index (χ1n) is 6.73. The van der Waals surface area contributed by atoms with Crippen molar-refractivity contribution in [2.45, 2.75) is 26.1 Å². The minimum Gasteiger partial charge on any atom is -0.454 e. The molecule has 0 saturated carbocycles. The molecular formula is C14H18N2O3S. The summed E-state index contributed by atoms with van der Waals surface area (Å²) in [7, 11) is 0. The molecule has 1 N–H and O–H groups in total. The third-order valence-corrected chi connectivity index (χ3v) is 3.69. The number of morpholine rings is 1. The van der Waals surface area contributed by atoms with Gasteiger partial charge in [-0.2, -0.15) is 0 Å². The molecule has 0 radical (unpaired) electrons. The lowest BCUT2D eigenvalue weighted by Gasteiger charge is -2.36. The number of thiocarbonyl (C=S) groups is 1. The predicted molar refractivity (Wildman–Crippen MR) is 80.4 cm³/mol. The maximum Gasteiger partial charge on any atom is 0.231 e. The fourth-order valence-electron chi connectivity index (χ4n) is 2.52. The van der Waals surface area contributed by atoms with Gasteiger partial charge in [0.2, 0.25) is 6.79 Å². The number of nitrogens with zero attached hydrogens (tertiary/aromatic N) is 1. The second-order valence-corrected chi connectivity index (χ2v) is 5.55. The van der Waals surface area contributed by atoms with E-state index in [2.05, 4.69) is 24.1 Å². The van der Waals surface area contributed by atoms with Gasteiger partial charge in [-0.1, -0.05) is 0 Å². The summed E-state index contributed by atoms with van der Waals surface area (Å²) in [5.74, 6) is 1.52. The normalized spacial score (nSPS) is 24.6. The van der Waals surface area contributed by atoms with Crippen molar-refractivity contribution < 1.29 is 14.2 Å². The van der Waals surface area contributed by atoms with Gasteiger partial charge >= 0.3 is 0 Å². The zero-order valence-corrected chi connectivity index (χ0v) is 12.4. The first-order chi connectivity index (χ1) is 9.61. The number of nitrogens with one attached hydrogen (secondary N) is 1. The highest BCUT2D eigenvalue weighted by Crippen LogP contribution is 2.34. The number of anilines is 1. The first-order valence-corrected chi connectivity index (χ1v) is 7.13. The smallest absolute Gasteiger partial charge is 0.231 e. The summed E-state index contributed by atoms with van der Waals surface area (Å²) in [5.41, 5.74) is 0.908. The minimum absolute atomic E-state index is 0.190. The standard InChI is InChI=1S/C14H18N2O3S/c1-9-6-16(7-10(2)19-9)14(20)15-11-3-4-12-13(5-11)18-8-17-12/h3-5,9-10H,6-8H2,1-2H3,(H,15,20)/t9-,10+. The van der Waals surface area contributed by atoms with Gasteiger partial charge in [0.1, 0.15) is 0 Å². The number of ether oxygens (including phenoxy) is 3. The van der Waals surface area contributed by atoms with Gasteiger partial charge in [0, 0.05) is 24.8 Å². The van der Waals surface area contributed by atoms with Crippen molar-refractivity contribution in [3.8, 4) is 11.5 Å². The Kier molecular flexibility index (Phi) is 3.67. The highest BCUT2D eigenvalue weighted by Gasteiger charge is 2.24. The summed E-state index contributed by atoms with van der Waals surface area (Å²) in [4.78, 5) is 2.14. The predicted octanol–water partition coefficient (Wildman–Crippen LogP) is 2.22. The molecule has 2 heterocycles. The summed E-state index contributed by atoms with van der Waals surface area (Å²) < 4.78 is 16.4. The molecule has 108 valence electrons. The lowest BCUT2D eigenvalue weighted by Crippen LogP contribution is -2.49. The molecule has 6 heteroatoms. The Labute approximate surface area is 123 Å². The second kappa shape index (κ2) is 5.46. The molecule has 0 aliphatic carbocycles. The van der Waals surface area contributed by atoms with E-state index >= 15 is 0 Å². The fraction of sp³-hybridized carbons (Fsp3) is 0.500. The van der Waals surface area contributed by atoms with Crippen molar-refractivity contribution in [1.29, 1.82) is 0 Å². The number of hydrogen-bond acceptors (Lipinski definition) is 4. The lowest BCUT2D eigenvalue weighted by molar-refractivity contribution is -0.0473. The molecule has 3 rings (SSSR count). The molecular weight excluding hydrogens is 276 g/mol. The largest absolute Gasteiger partial charge is 0.454 e. The van der Waals surface area contributed by atoms with Gasteiger partial charge < -0.3 is 24.4 Å². The van der Waals surface area contributed by atoms with E-state index in [1.807, 2.05) is 18.2 Å². The van der Waals surface area contributed by atoms with Gasteiger partial charge in [0.05, 0.1) is 12.2 Å². The SMILES string of the molecule is C[C@@H]1CN(C(=S)Nc2ccc3c(c2)OCO3)C[C@H](C)O1. The average molecular weight is 294 g/mol. The van der Waals surface area contributed by atoms with Crippen molar-refractivity contribution in [2.75, 3.05) is 25.2 Å². The molecule has 2 aliphatic rings. The van der Waals surface area contributed by atoms with Crippen LogP contribution in [0.15, 0.2) is 18.2 Å². The van der Waals surface area contributed by atoms with Crippen LogP contribution in [0.4, 0.5) is 5.69 Å².